The van der Waals surface area contributed by atoms with Crippen molar-refractivity contribution in [1.29, 1.82) is 0 Å². The Kier molecular flexibility index (Phi) is 21.6. The van der Waals surface area contributed by atoms with Crippen molar-refractivity contribution >= 4 is 58.3 Å². The number of nitrogens with zero attached hydrogens (tertiary/aromatic N) is 2. The highest BCUT2D eigenvalue weighted by Gasteiger charge is 2.20. The number of methoxy groups -OCH3 is 2. The lowest BCUT2D eigenvalue weighted by Crippen LogP contribution is -2.00. The van der Waals surface area contributed by atoms with E-state index in [1.54, 1.807) is 24.3 Å². The molecule has 0 saturated heterocycles. The minimum absolute atomic E-state index is 0.412. The summed E-state index contributed by atoms with van der Waals surface area (Å²) in [5, 5.41) is 0. The van der Waals surface area contributed by atoms with E-state index in [0.29, 0.717) is 24.3 Å². The van der Waals surface area contributed by atoms with Crippen molar-refractivity contribution in [3.63, 3.8) is 0 Å². The monoisotopic (exact) mass is 1100 g/mol. The molecule has 0 saturated carbocycles. The van der Waals surface area contributed by atoms with Crippen LogP contribution in [0.4, 0.5) is 0 Å². The third-order valence-electron chi connectivity index (χ3n) is 15.8. The normalized spacial score (nSPS) is 11.8. The number of hydrogen-bond donors (Lipinski definition) is 2. The number of carbonyl (C=O) groups is 2. The Labute approximate surface area is 485 Å². The van der Waals surface area contributed by atoms with Gasteiger partial charge in [0.2, 0.25) is 0 Å². The summed E-state index contributed by atoms with van der Waals surface area (Å²) < 4.78 is 22.8. The van der Waals surface area contributed by atoms with Crippen LogP contribution in [0, 0.1) is 0 Å². The summed E-state index contributed by atoms with van der Waals surface area (Å²) in [7, 11) is 2.77. The molecule has 0 unspecified atom stereocenters. The number of H-pyrrole nitrogens is 2. The lowest BCUT2D eigenvalue weighted by atomic mass is 10.0. The van der Waals surface area contributed by atoms with E-state index in [-0.39, 0.29) is 0 Å². The van der Waals surface area contributed by atoms with E-state index in [1.807, 2.05) is 36.4 Å². The summed E-state index contributed by atoms with van der Waals surface area (Å²) in [5.41, 5.74) is 14.5. The van der Waals surface area contributed by atoms with E-state index >= 15 is 0 Å². The zero-order chi connectivity index (χ0) is 56.9. The lowest BCUT2D eigenvalue weighted by molar-refractivity contribution is 0.0592. The molecule has 0 radical (unpaired) electrons. The molecule has 82 heavy (non-hydrogen) atoms. The van der Waals surface area contributed by atoms with Gasteiger partial charge in [-0.3, -0.25) is 0 Å². The molecule has 2 aliphatic heterocycles. The number of carbonyl (C=O) groups excluding carboxylic acids is 2. The van der Waals surface area contributed by atoms with Gasteiger partial charge in [-0.05, 0) is 132 Å². The number of aromatic nitrogens is 4. The first-order valence-electron chi connectivity index (χ1n) is 30.4. The largest absolute Gasteiger partial charge is 0.494 e. The number of rotatable bonds is 30. The molecule has 0 fully saturated rings. The molecule has 9 rings (SSSR count). The fourth-order valence-corrected chi connectivity index (χ4v) is 11.2. The zero-order valence-electron chi connectivity index (χ0n) is 48.8. The minimum atomic E-state index is -0.412. The maximum absolute atomic E-state index is 12.7. The molecule has 0 amide bonds. The molecule has 8 bridgehead atoms. The van der Waals surface area contributed by atoms with Crippen LogP contribution in [0.15, 0.2) is 121 Å². The summed E-state index contributed by atoms with van der Waals surface area (Å²) in [6.45, 7) is 5.91. The summed E-state index contributed by atoms with van der Waals surface area (Å²) >= 11 is 0. The van der Waals surface area contributed by atoms with Gasteiger partial charge in [-0.25, -0.2) is 19.6 Å². The molecule has 5 heterocycles. The molecule has 0 aliphatic carbocycles. The smallest absolute Gasteiger partial charge is 0.337 e. The predicted octanol–water partition coefficient (Wildman–Crippen LogP) is 19.5. The molecule has 426 valence electrons. The van der Waals surface area contributed by atoms with Crippen LogP contribution >= 0.6 is 0 Å². The molecule has 2 aliphatic rings. The molecule has 0 spiro atoms. The number of fused-ring (bicyclic) bond motifs is 8. The lowest BCUT2D eigenvalue weighted by Gasteiger charge is -2.10. The van der Waals surface area contributed by atoms with Gasteiger partial charge in [-0.1, -0.05) is 178 Å². The maximum Gasteiger partial charge on any atom is 0.337 e. The average molecular weight is 1100 g/mol. The molecule has 10 heteroatoms. The van der Waals surface area contributed by atoms with E-state index in [2.05, 4.69) is 109 Å². The zero-order valence-corrected chi connectivity index (χ0v) is 48.8. The van der Waals surface area contributed by atoms with Crippen LogP contribution < -0.4 is 9.47 Å². The molecule has 7 aromatic rings. The first kappa shape index (κ1) is 58.7. The van der Waals surface area contributed by atoms with Gasteiger partial charge in [-0.15, -0.1) is 0 Å². The van der Waals surface area contributed by atoms with Crippen LogP contribution in [0.1, 0.15) is 186 Å². The summed E-state index contributed by atoms with van der Waals surface area (Å²) in [4.78, 5) is 43.9. The number of unbranched alkanes of at least 4 members (excludes halogenated alkanes) is 18. The summed E-state index contributed by atoms with van der Waals surface area (Å²) in [6.07, 6.45) is 33.8. The number of benzene rings is 4. The van der Waals surface area contributed by atoms with Gasteiger partial charge in [0.1, 0.15) is 11.5 Å². The quantitative estimate of drug-likeness (QED) is 0.0337. The molecule has 10 nitrogen and oxygen atoms in total. The van der Waals surface area contributed by atoms with Crippen LogP contribution in [0.3, 0.4) is 0 Å². The Morgan fingerprint density at radius 1 is 0.341 bits per heavy atom. The third-order valence-corrected chi connectivity index (χ3v) is 15.8. The van der Waals surface area contributed by atoms with Gasteiger partial charge in [0, 0.05) is 44.3 Å². The van der Waals surface area contributed by atoms with Crippen molar-refractivity contribution in [1.82, 2.24) is 19.9 Å². The van der Waals surface area contributed by atoms with Gasteiger partial charge in [0.25, 0.3) is 0 Å². The van der Waals surface area contributed by atoms with Crippen LogP contribution in [-0.4, -0.2) is 59.3 Å². The highest BCUT2D eigenvalue weighted by molar-refractivity contribution is 6.00. The average Bonchev–Trinajstić information content (AvgIpc) is 4.44. The summed E-state index contributed by atoms with van der Waals surface area (Å²) in [5.74, 6) is 0.854. The SMILES string of the molecule is CCCCCCCCCCCCOc1ccc(-c2c3nc(c(-c4ccc(OCCCCCCCCCCCC)cc4)c4ccc([nH]4)c(-c4ccc(C(=O)OC)cc4)c4nc(c(-c5ccc(C(=O)OC)cc5)c5ccc2[nH]5)C=C4)C=C3)cc1. The van der Waals surface area contributed by atoms with E-state index in [0.717, 1.165) is 114 Å². The second kappa shape index (κ2) is 30.2. The summed E-state index contributed by atoms with van der Waals surface area (Å²) in [6, 6.07) is 40.0. The van der Waals surface area contributed by atoms with Gasteiger partial charge in [0.05, 0.1) is 61.3 Å². The number of aromatic amines is 2. The van der Waals surface area contributed by atoms with Crippen LogP contribution in [0.2, 0.25) is 0 Å². The third kappa shape index (κ3) is 15.3. The Hall–Kier alpha value is -7.98. The molecule has 3 aromatic heterocycles. The van der Waals surface area contributed by atoms with Gasteiger partial charge < -0.3 is 28.9 Å². The minimum Gasteiger partial charge on any atom is -0.494 e. The Bertz CT molecular complexity index is 3220. The van der Waals surface area contributed by atoms with E-state index in [4.69, 9.17) is 28.9 Å². The topological polar surface area (TPSA) is 128 Å². The van der Waals surface area contributed by atoms with E-state index in [9.17, 15) is 9.59 Å². The van der Waals surface area contributed by atoms with Crippen molar-refractivity contribution in [2.75, 3.05) is 27.4 Å². The Morgan fingerprint density at radius 2 is 0.598 bits per heavy atom. The first-order chi connectivity index (χ1) is 40.3. The number of esters is 2. The van der Waals surface area contributed by atoms with Crippen LogP contribution in [-0.2, 0) is 9.47 Å². The molecule has 0 atom stereocenters. The van der Waals surface area contributed by atoms with Crippen molar-refractivity contribution in [2.24, 2.45) is 0 Å². The molecule has 2 N–H and O–H groups in total. The number of hydrogen-bond acceptors (Lipinski definition) is 8. The van der Waals surface area contributed by atoms with Crippen molar-refractivity contribution in [3.05, 3.63) is 155 Å². The Balaban J connectivity index is 1.12. The second-order valence-corrected chi connectivity index (χ2v) is 21.8. The van der Waals surface area contributed by atoms with Crippen molar-refractivity contribution < 1.29 is 28.5 Å². The fraction of sp³-hybridized carbons (Fsp3) is 0.361. The number of ether oxygens (including phenoxy) is 4. The fourth-order valence-electron chi connectivity index (χ4n) is 11.2. The van der Waals surface area contributed by atoms with E-state index < -0.39 is 11.9 Å². The van der Waals surface area contributed by atoms with Gasteiger partial charge in [0.15, 0.2) is 0 Å². The highest BCUT2D eigenvalue weighted by Crippen LogP contribution is 2.39. The van der Waals surface area contributed by atoms with E-state index in [1.165, 1.54) is 130 Å². The Morgan fingerprint density at radius 3 is 0.866 bits per heavy atom. The standard InChI is InChI=1S/C72H82N4O6/c1-5-7-9-11-13-15-17-19-21-23-49-81-57-37-33-53(34-38-57)69-63-45-43-61(74-63)67(51-25-29-55(30-26-51)71(77)79-3)59-41-42-60(73-59)68(52-27-31-56(32-28-52)72(78)80-4)62-44-46-64(75-62)70(66-48-47-65(69)76-66)54-35-39-58(40-36-54)82-50-24-22-20-18-16-14-12-10-8-6-2/h25-48,74-75H,5-24,49-50H2,1-4H3. The van der Waals surface area contributed by atoms with Gasteiger partial charge in [-0.2, -0.15) is 0 Å². The predicted molar refractivity (Wildman–Crippen MR) is 338 cm³/mol. The molecular weight excluding hydrogens is 1020 g/mol. The van der Waals surface area contributed by atoms with Crippen molar-refractivity contribution in [3.8, 4) is 56.0 Å². The highest BCUT2D eigenvalue weighted by atomic mass is 16.5. The maximum atomic E-state index is 12.7. The van der Waals surface area contributed by atoms with Crippen LogP contribution in [0.5, 0.6) is 11.5 Å². The van der Waals surface area contributed by atoms with Crippen molar-refractivity contribution in [2.45, 2.75) is 142 Å². The number of nitrogens with one attached hydrogen (secondary N) is 2. The first-order valence-corrected chi connectivity index (χ1v) is 30.4. The second-order valence-electron chi connectivity index (χ2n) is 21.8. The van der Waals surface area contributed by atoms with Gasteiger partial charge >= 0.3 is 11.9 Å². The molecule has 4 aromatic carbocycles. The molecular formula is C72H82N4O6. The van der Waals surface area contributed by atoms with Crippen LogP contribution in [0.25, 0.3) is 90.9 Å².